The molecule has 0 atom stereocenters. The molecule has 0 unspecified atom stereocenters. The number of aromatic hydroxyl groups is 2. The molecular formula is C51H61F3N10O5S. The number of morpholine rings is 1. The van der Waals surface area contributed by atoms with E-state index in [1.807, 2.05) is 24.8 Å². The van der Waals surface area contributed by atoms with Crippen molar-refractivity contribution in [3.05, 3.63) is 86.9 Å². The molecule has 2 aromatic carbocycles. The van der Waals surface area contributed by atoms with Gasteiger partial charge < -0.3 is 35.4 Å². The Morgan fingerprint density at radius 2 is 1.51 bits per heavy atom. The lowest BCUT2D eigenvalue weighted by atomic mass is 9.94. The van der Waals surface area contributed by atoms with Crippen LogP contribution >= 0.6 is 11.3 Å². The summed E-state index contributed by atoms with van der Waals surface area (Å²) in [6, 6.07) is 12.7. The molecule has 0 bridgehead atoms. The molecule has 5 aromatic rings. The van der Waals surface area contributed by atoms with Crippen molar-refractivity contribution in [1.29, 1.82) is 0 Å². The van der Waals surface area contributed by atoms with E-state index in [0.29, 0.717) is 68.9 Å². The average molecular weight is 983 g/mol. The lowest BCUT2D eigenvalue weighted by Gasteiger charge is -2.43. The number of carbonyl (C=O) groups is 2. The van der Waals surface area contributed by atoms with Crippen LogP contribution in [0.15, 0.2) is 48.7 Å². The number of phenols is 2. The van der Waals surface area contributed by atoms with Gasteiger partial charge in [0.1, 0.15) is 17.3 Å². The number of fused-ring (bicyclic) bond motifs is 2. The topological polar surface area (TPSA) is 168 Å². The molecular weight excluding hydrogens is 922 g/mol. The molecule has 4 fully saturated rings. The van der Waals surface area contributed by atoms with Gasteiger partial charge in [0, 0.05) is 100 Å². The van der Waals surface area contributed by atoms with Crippen LogP contribution in [0.5, 0.6) is 11.5 Å². The molecule has 2 amide bonds. The van der Waals surface area contributed by atoms with Gasteiger partial charge in [0.05, 0.1) is 34.6 Å². The van der Waals surface area contributed by atoms with Crippen LogP contribution in [0.4, 0.5) is 24.8 Å². The van der Waals surface area contributed by atoms with Crippen molar-refractivity contribution >= 4 is 45.0 Å². The Bertz CT molecular complexity index is 2740. The van der Waals surface area contributed by atoms with Crippen molar-refractivity contribution in [2.24, 2.45) is 5.92 Å². The fourth-order valence-corrected chi connectivity index (χ4v) is 12.1. The number of piperidine rings is 2. The standard InChI is InChI=1S/C51H61F3N10O5S/c1-31(2)38-23-39(44(66)25-43(38)65)50(68)64-28-34-4-3-32(21-35(34)29-64)27-59-11-7-36(8-12-59)61-13-15-63(16-14-61)49(67)33-5-9-60(10-6-33)30-37-22-42-46(70-37)48(62-17-19-69-20-18-62)58-47(57-42)40-26-56-45(55)24-41(40)51(52,53)54/h3-4,21-26,31,33,36,65-66H,5-20,27-30H2,1-2H3,(H2,55,56). The third-order valence-electron chi connectivity index (χ3n) is 14.9. The largest absolute Gasteiger partial charge is 0.508 e. The third kappa shape index (κ3) is 10.1. The van der Waals surface area contributed by atoms with Gasteiger partial charge in [0.25, 0.3) is 5.91 Å². The van der Waals surface area contributed by atoms with Crippen molar-refractivity contribution in [2.45, 2.75) is 83.8 Å². The van der Waals surface area contributed by atoms with Crippen molar-refractivity contribution < 1.29 is 37.7 Å². The number of benzene rings is 2. The highest BCUT2D eigenvalue weighted by Gasteiger charge is 2.37. The second-order valence-electron chi connectivity index (χ2n) is 19.8. The predicted molar refractivity (Wildman–Crippen MR) is 261 cm³/mol. The number of nitrogens with two attached hydrogens (primary N) is 1. The first kappa shape index (κ1) is 48.0. The Labute approximate surface area is 409 Å². The summed E-state index contributed by atoms with van der Waals surface area (Å²) in [5, 5.41) is 20.8. The van der Waals surface area contributed by atoms with Gasteiger partial charge >= 0.3 is 6.18 Å². The number of carbonyl (C=O) groups excluding carboxylic acids is 2. The molecule has 3 aromatic heterocycles. The first-order valence-corrected chi connectivity index (χ1v) is 25.4. The average Bonchev–Trinajstić information content (AvgIpc) is 3.97. The van der Waals surface area contributed by atoms with E-state index < -0.39 is 11.7 Å². The Morgan fingerprint density at radius 1 is 0.814 bits per heavy atom. The molecule has 10 rings (SSSR count). The van der Waals surface area contributed by atoms with Gasteiger partial charge in [0.2, 0.25) is 5.91 Å². The summed E-state index contributed by atoms with van der Waals surface area (Å²) < 4.78 is 48.9. The number of phenolic OH excluding ortho intramolecular Hbond substituents is 2. The summed E-state index contributed by atoms with van der Waals surface area (Å²) in [7, 11) is 0. The number of rotatable bonds is 10. The van der Waals surface area contributed by atoms with Gasteiger partial charge in [-0.1, -0.05) is 32.0 Å². The van der Waals surface area contributed by atoms with E-state index in [0.717, 1.165) is 118 Å². The number of anilines is 2. The maximum atomic E-state index is 14.2. The number of piperazine rings is 1. The zero-order valence-electron chi connectivity index (χ0n) is 39.8. The van der Waals surface area contributed by atoms with Gasteiger partial charge in [-0.2, -0.15) is 13.2 Å². The second-order valence-corrected chi connectivity index (χ2v) is 21.0. The van der Waals surface area contributed by atoms with Crippen molar-refractivity contribution in [2.75, 3.05) is 89.3 Å². The number of thiophene rings is 1. The summed E-state index contributed by atoms with van der Waals surface area (Å²) in [6.45, 7) is 15.2. The van der Waals surface area contributed by atoms with Gasteiger partial charge in [-0.3, -0.25) is 24.3 Å². The highest BCUT2D eigenvalue weighted by atomic mass is 32.1. The molecule has 8 heterocycles. The van der Waals surface area contributed by atoms with Crippen LogP contribution in [0.2, 0.25) is 0 Å². The molecule has 0 spiro atoms. The first-order valence-electron chi connectivity index (χ1n) is 24.5. The van der Waals surface area contributed by atoms with Gasteiger partial charge in [-0.05, 0) is 98.2 Å². The molecule has 0 radical (unpaired) electrons. The molecule has 4 saturated heterocycles. The number of hydrogen-bond acceptors (Lipinski definition) is 14. The summed E-state index contributed by atoms with van der Waals surface area (Å²) in [5.41, 5.74) is 9.43. The Kier molecular flexibility index (Phi) is 13.7. The monoisotopic (exact) mass is 982 g/mol. The van der Waals surface area contributed by atoms with Crippen LogP contribution in [-0.4, -0.2) is 146 Å². The highest BCUT2D eigenvalue weighted by Crippen LogP contribution is 2.41. The van der Waals surface area contributed by atoms with Crippen molar-refractivity contribution in [3.63, 3.8) is 0 Å². The first-order chi connectivity index (χ1) is 33.6. The molecule has 372 valence electrons. The zero-order valence-corrected chi connectivity index (χ0v) is 40.6. The van der Waals surface area contributed by atoms with Crippen LogP contribution in [0, 0.1) is 5.92 Å². The van der Waals surface area contributed by atoms with Crippen molar-refractivity contribution in [3.8, 4) is 22.9 Å². The Hall–Kier alpha value is -5.60. The minimum absolute atomic E-state index is 0.00577. The fraction of sp³-hybridized carbons (Fsp3) is 0.510. The van der Waals surface area contributed by atoms with Gasteiger partial charge in [-0.15, -0.1) is 11.3 Å². The van der Waals surface area contributed by atoms with E-state index in [1.165, 1.54) is 11.6 Å². The summed E-state index contributed by atoms with van der Waals surface area (Å²) in [4.78, 5) is 55.1. The van der Waals surface area contributed by atoms with Crippen LogP contribution in [0.3, 0.4) is 0 Å². The van der Waals surface area contributed by atoms with Crippen LogP contribution in [0.25, 0.3) is 21.6 Å². The summed E-state index contributed by atoms with van der Waals surface area (Å²) in [6.07, 6.45) is 0.146. The highest BCUT2D eigenvalue weighted by molar-refractivity contribution is 7.19. The van der Waals surface area contributed by atoms with E-state index in [4.69, 9.17) is 15.5 Å². The SMILES string of the molecule is CC(C)c1cc(C(=O)N2Cc3ccc(CN4CCC(N5CCN(C(=O)C6CCN(Cc7cc8nc(-c9cnc(N)cc9C(F)(F)F)nc(N9CCOCC9)c8s7)CC6)CC5)CC4)cc3C2)c(O)cc1O. The lowest BCUT2D eigenvalue weighted by molar-refractivity contribution is -0.139. The van der Waals surface area contributed by atoms with E-state index in [-0.39, 0.29) is 57.9 Å². The molecule has 5 aliphatic rings. The number of amides is 2. The van der Waals surface area contributed by atoms with E-state index in [2.05, 4.69) is 47.8 Å². The number of likely N-dealkylation sites (tertiary alicyclic amines) is 2. The fourth-order valence-electron chi connectivity index (χ4n) is 10.9. The van der Waals surface area contributed by atoms with Gasteiger partial charge in [0.15, 0.2) is 11.6 Å². The molecule has 0 aliphatic carbocycles. The van der Waals surface area contributed by atoms with E-state index >= 15 is 0 Å². The predicted octanol–water partition coefficient (Wildman–Crippen LogP) is 6.90. The quantitative estimate of drug-likeness (QED) is 0.132. The third-order valence-corrected chi connectivity index (χ3v) is 16.0. The van der Waals surface area contributed by atoms with Crippen LogP contribution < -0.4 is 10.6 Å². The Balaban J connectivity index is 0.687. The smallest absolute Gasteiger partial charge is 0.417 e. The number of alkyl halides is 3. The number of aromatic nitrogens is 3. The maximum absolute atomic E-state index is 14.2. The summed E-state index contributed by atoms with van der Waals surface area (Å²) in [5.74, 6) is 0.108. The molecule has 19 heteroatoms. The molecule has 0 saturated carbocycles. The summed E-state index contributed by atoms with van der Waals surface area (Å²) >= 11 is 1.56. The number of pyridine rings is 1. The molecule has 5 aliphatic heterocycles. The zero-order chi connectivity index (χ0) is 48.8. The number of halogens is 3. The molecule has 4 N–H and O–H groups in total. The van der Waals surface area contributed by atoms with Crippen LogP contribution in [0.1, 0.15) is 88.5 Å². The van der Waals surface area contributed by atoms with E-state index in [9.17, 15) is 33.0 Å². The minimum Gasteiger partial charge on any atom is -0.508 e. The molecule has 15 nitrogen and oxygen atoms in total. The van der Waals surface area contributed by atoms with Gasteiger partial charge in [-0.25, -0.2) is 15.0 Å². The lowest BCUT2D eigenvalue weighted by Crippen LogP contribution is -2.55. The normalized spacial score (nSPS) is 19.4. The second kappa shape index (κ2) is 19.9. The van der Waals surface area contributed by atoms with Crippen LogP contribution in [-0.2, 0) is 41.9 Å². The maximum Gasteiger partial charge on any atom is 0.417 e. The van der Waals surface area contributed by atoms with Crippen molar-refractivity contribution in [1.82, 2.24) is 39.5 Å². The Morgan fingerprint density at radius 3 is 2.23 bits per heavy atom. The number of nitrogen functional groups attached to an aromatic ring is 1. The number of nitrogens with zero attached hydrogens (tertiary/aromatic N) is 9. The minimum atomic E-state index is -4.67. The molecule has 70 heavy (non-hydrogen) atoms. The van der Waals surface area contributed by atoms with E-state index in [1.54, 1.807) is 22.3 Å². The number of hydrogen-bond donors (Lipinski definition) is 3. The number of ether oxygens (including phenoxy) is 1.